The molecule has 1 heterocycles. The number of alkyl halides is 1. The van der Waals surface area contributed by atoms with E-state index in [4.69, 9.17) is 5.11 Å². The summed E-state index contributed by atoms with van der Waals surface area (Å²) in [4.78, 5) is 10.6. The molecule has 0 aromatic heterocycles. The minimum absolute atomic E-state index is 0.188. The van der Waals surface area contributed by atoms with Crippen molar-refractivity contribution in [1.82, 2.24) is 4.31 Å². The lowest BCUT2D eigenvalue weighted by molar-refractivity contribution is -0.142. The molecule has 1 aromatic carbocycles. The molecule has 1 fully saturated rings. The summed E-state index contributed by atoms with van der Waals surface area (Å²) in [6, 6.07) is 4.08. The first-order valence-corrected chi connectivity index (χ1v) is 6.89. The van der Waals surface area contributed by atoms with Crippen LogP contribution in [0.4, 0.5) is 8.78 Å². The van der Waals surface area contributed by atoms with E-state index >= 15 is 0 Å². The predicted molar refractivity (Wildman–Crippen MR) is 61.2 cm³/mol. The normalized spacial score (nSPS) is 24.5. The lowest BCUT2D eigenvalue weighted by Crippen LogP contribution is -2.30. The van der Waals surface area contributed by atoms with E-state index in [0.29, 0.717) is 0 Å². The van der Waals surface area contributed by atoms with Crippen LogP contribution in [0.3, 0.4) is 0 Å². The number of hydrogen-bond donors (Lipinski definition) is 1. The summed E-state index contributed by atoms with van der Waals surface area (Å²) in [7, 11) is -3.99. The SMILES string of the molecule is O=C(O)[C@H]1CN(S(=O)(=O)c2ccc(F)cc2)C[C@@H]1F. The Kier molecular flexibility index (Phi) is 3.55. The maximum atomic E-state index is 13.5. The quantitative estimate of drug-likeness (QED) is 0.896. The number of sulfonamides is 1. The Morgan fingerprint density at radius 2 is 1.84 bits per heavy atom. The van der Waals surface area contributed by atoms with Crippen LogP contribution in [-0.2, 0) is 14.8 Å². The standard InChI is InChI=1S/C11H11F2NO4S/c12-7-1-3-8(4-2-7)19(17,18)14-5-9(11(15)16)10(13)6-14/h1-4,9-10H,5-6H2,(H,15,16)/t9-,10-/m0/s1. The van der Waals surface area contributed by atoms with E-state index in [-0.39, 0.29) is 4.90 Å². The summed E-state index contributed by atoms with van der Waals surface area (Å²) < 4.78 is 51.2. The zero-order valence-corrected chi connectivity index (χ0v) is 10.5. The van der Waals surface area contributed by atoms with E-state index in [9.17, 15) is 22.0 Å². The van der Waals surface area contributed by atoms with Crippen LogP contribution < -0.4 is 0 Å². The highest BCUT2D eigenvalue weighted by Crippen LogP contribution is 2.26. The van der Waals surface area contributed by atoms with Crippen LogP contribution in [0.1, 0.15) is 0 Å². The second-order valence-corrected chi connectivity index (χ2v) is 6.17. The molecule has 1 saturated heterocycles. The third kappa shape index (κ3) is 2.59. The summed E-state index contributed by atoms with van der Waals surface area (Å²) in [6.45, 7) is -0.924. The van der Waals surface area contributed by atoms with Gasteiger partial charge < -0.3 is 5.11 Å². The first-order chi connectivity index (χ1) is 8.82. The number of nitrogens with zero attached hydrogens (tertiary/aromatic N) is 1. The molecule has 1 aliphatic heterocycles. The fourth-order valence-electron chi connectivity index (χ4n) is 1.91. The minimum Gasteiger partial charge on any atom is -0.481 e. The van der Waals surface area contributed by atoms with Crippen molar-refractivity contribution in [3.63, 3.8) is 0 Å². The molecule has 0 radical (unpaired) electrons. The fraction of sp³-hybridized carbons (Fsp3) is 0.364. The third-order valence-electron chi connectivity index (χ3n) is 2.98. The number of benzene rings is 1. The maximum absolute atomic E-state index is 13.5. The highest BCUT2D eigenvalue weighted by molar-refractivity contribution is 7.89. The minimum atomic E-state index is -3.99. The van der Waals surface area contributed by atoms with Gasteiger partial charge in [-0.25, -0.2) is 17.2 Å². The molecule has 0 amide bonds. The van der Waals surface area contributed by atoms with Gasteiger partial charge in [-0.1, -0.05) is 0 Å². The van der Waals surface area contributed by atoms with Gasteiger partial charge in [-0.15, -0.1) is 0 Å². The number of carboxylic acid groups (broad SMARTS) is 1. The molecule has 1 N–H and O–H groups in total. The largest absolute Gasteiger partial charge is 0.481 e. The molecule has 0 unspecified atom stereocenters. The van der Waals surface area contributed by atoms with Crippen molar-refractivity contribution in [2.45, 2.75) is 11.1 Å². The second-order valence-electron chi connectivity index (χ2n) is 4.24. The van der Waals surface area contributed by atoms with E-state index in [2.05, 4.69) is 0 Å². The van der Waals surface area contributed by atoms with Crippen molar-refractivity contribution in [2.75, 3.05) is 13.1 Å². The average molecular weight is 291 g/mol. The predicted octanol–water partition coefficient (Wildman–Crippen LogP) is 0.869. The molecule has 0 aliphatic carbocycles. The molecule has 2 atom stereocenters. The van der Waals surface area contributed by atoms with Crippen LogP contribution in [-0.4, -0.2) is 43.1 Å². The number of carboxylic acids is 1. The second kappa shape index (κ2) is 4.86. The van der Waals surface area contributed by atoms with Crippen LogP contribution in [0.15, 0.2) is 29.2 Å². The lowest BCUT2D eigenvalue weighted by Gasteiger charge is -2.15. The van der Waals surface area contributed by atoms with Gasteiger partial charge in [0.05, 0.1) is 4.90 Å². The van der Waals surface area contributed by atoms with Crippen molar-refractivity contribution >= 4 is 16.0 Å². The summed E-state index contributed by atoms with van der Waals surface area (Å²) in [5.74, 6) is -3.33. The molecule has 19 heavy (non-hydrogen) atoms. The van der Waals surface area contributed by atoms with Gasteiger partial charge in [-0.2, -0.15) is 4.31 Å². The highest BCUT2D eigenvalue weighted by atomic mass is 32.2. The first kappa shape index (κ1) is 13.9. The first-order valence-electron chi connectivity index (χ1n) is 5.45. The smallest absolute Gasteiger partial charge is 0.310 e. The topological polar surface area (TPSA) is 74.7 Å². The van der Waals surface area contributed by atoms with Gasteiger partial charge in [0.2, 0.25) is 10.0 Å². The Balaban J connectivity index is 2.27. The van der Waals surface area contributed by atoms with Crippen molar-refractivity contribution in [2.24, 2.45) is 5.92 Å². The molecule has 0 bridgehead atoms. The van der Waals surface area contributed by atoms with Crippen molar-refractivity contribution in [1.29, 1.82) is 0 Å². The Bertz CT molecular complexity index is 587. The third-order valence-corrected chi connectivity index (χ3v) is 4.83. The molecule has 0 saturated carbocycles. The summed E-state index contributed by atoms with van der Waals surface area (Å²) >= 11 is 0. The Labute approximate surface area is 108 Å². The molecule has 0 spiro atoms. The average Bonchev–Trinajstić information content (AvgIpc) is 2.72. The van der Waals surface area contributed by atoms with Gasteiger partial charge in [-0.3, -0.25) is 4.79 Å². The Morgan fingerprint density at radius 1 is 1.26 bits per heavy atom. The van der Waals surface area contributed by atoms with Gasteiger partial charge >= 0.3 is 5.97 Å². The van der Waals surface area contributed by atoms with Crippen LogP contribution in [0.2, 0.25) is 0 Å². The van der Waals surface area contributed by atoms with Gasteiger partial charge in [-0.05, 0) is 24.3 Å². The monoisotopic (exact) mass is 291 g/mol. The molecule has 104 valence electrons. The zero-order valence-electron chi connectivity index (χ0n) is 9.66. The van der Waals surface area contributed by atoms with Crippen molar-refractivity contribution in [3.05, 3.63) is 30.1 Å². The number of hydrogen-bond acceptors (Lipinski definition) is 3. The van der Waals surface area contributed by atoms with E-state index in [0.717, 1.165) is 28.6 Å². The Hall–Kier alpha value is -1.54. The number of aliphatic carboxylic acids is 1. The van der Waals surface area contributed by atoms with E-state index in [1.807, 2.05) is 0 Å². The van der Waals surface area contributed by atoms with Crippen LogP contribution in [0.5, 0.6) is 0 Å². The van der Waals surface area contributed by atoms with Gasteiger partial charge in [0.1, 0.15) is 17.9 Å². The van der Waals surface area contributed by atoms with Crippen LogP contribution >= 0.6 is 0 Å². The fourth-order valence-corrected chi connectivity index (χ4v) is 3.39. The van der Waals surface area contributed by atoms with E-state index < -0.39 is 47.0 Å². The molecule has 1 aromatic rings. The molecule has 1 aliphatic rings. The molecule has 2 rings (SSSR count). The van der Waals surface area contributed by atoms with E-state index in [1.165, 1.54) is 0 Å². The highest BCUT2D eigenvalue weighted by Gasteiger charge is 2.43. The summed E-state index contributed by atoms with van der Waals surface area (Å²) in [5.41, 5.74) is 0. The van der Waals surface area contributed by atoms with Crippen molar-refractivity contribution < 1.29 is 27.1 Å². The summed E-state index contributed by atoms with van der Waals surface area (Å²) in [6.07, 6.45) is -1.74. The Morgan fingerprint density at radius 3 is 2.32 bits per heavy atom. The van der Waals surface area contributed by atoms with Gasteiger partial charge in [0, 0.05) is 13.1 Å². The number of halogens is 2. The van der Waals surface area contributed by atoms with Crippen molar-refractivity contribution in [3.8, 4) is 0 Å². The van der Waals surface area contributed by atoms with Crippen LogP contribution in [0.25, 0.3) is 0 Å². The van der Waals surface area contributed by atoms with Gasteiger partial charge in [0.15, 0.2) is 0 Å². The molecular formula is C11H11F2NO4S. The molecule has 5 nitrogen and oxygen atoms in total. The number of rotatable bonds is 3. The maximum Gasteiger partial charge on any atom is 0.310 e. The van der Waals surface area contributed by atoms with E-state index in [1.54, 1.807) is 0 Å². The molecular weight excluding hydrogens is 280 g/mol. The van der Waals surface area contributed by atoms with Crippen LogP contribution in [0, 0.1) is 11.7 Å². The molecule has 8 heteroatoms. The van der Waals surface area contributed by atoms with Gasteiger partial charge in [0.25, 0.3) is 0 Å². The lowest BCUT2D eigenvalue weighted by atomic mass is 10.1. The number of carbonyl (C=O) groups is 1. The summed E-state index contributed by atoms with van der Waals surface area (Å²) in [5, 5.41) is 8.76. The zero-order chi connectivity index (χ0) is 14.2.